The molecule has 3 N–H and O–H groups in total. The fourth-order valence-corrected chi connectivity index (χ4v) is 3.06. The molecule has 1 aliphatic heterocycles. The van der Waals surface area contributed by atoms with Gasteiger partial charge < -0.3 is 25.4 Å². The quantitative estimate of drug-likeness (QED) is 0.738. The molecular formula is C20H19N3O5. The molecule has 1 heterocycles. The monoisotopic (exact) mass is 381 g/mol. The third-order valence-electron chi connectivity index (χ3n) is 4.58. The van der Waals surface area contributed by atoms with Crippen molar-refractivity contribution in [1.29, 1.82) is 0 Å². The van der Waals surface area contributed by atoms with Gasteiger partial charge in [0.15, 0.2) is 11.5 Å². The minimum absolute atomic E-state index is 0.161. The lowest BCUT2D eigenvalue weighted by Crippen LogP contribution is -2.20. The summed E-state index contributed by atoms with van der Waals surface area (Å²) in [5, 5.41) is 8.27. The van der Waals surface area contributed by atoms with Gasteiger partial charge in [0.25, 0.3) is 0 Å². The van der Waals surface area contributed by atoms with Crippen molar-refractivity contribution in [3.63, 3.8) is 0 Å². The van der Waals surface area contributed by atoms with Crippen LogP contribution in [0.15, 0.2) is 42.5 Å². The smallest absolute Gasteiger partial charge is 0.231 e. The van der Waals surface area contributed by atoms with Crippen molar-refractivity contribution >= 4 is 34.8 Å². The Bertz CT molecular complexity index is 941. The van der Waals surface area contributed by atoms with Gasteiger partial charge in [0.2, 0.25) is 24.5 Å². The summed E-state index contributed by atoms with van der Waals surface area (Å²) in [4.78, 5) is 35.8. The van der Waals surface area contributed by atoms with Crippen molar-refractivity contribution in [3.8, 4) is 11.5 Å². The van der Waals surface area contributed by atoms with Gasteiger partial charge in [0, 0.05) is 30.1 Å². The average Bonchev–Trinajstić information content (AvgIpc) is 3.34. The summed E-state index contributed by atoms with van der Waals surface area (Å²) < 4.78 is 10.5. The summed E-state index contributed by atoms with van der Waals surface area (Å²) in [5.74, 6) is -0.0332. The molecule has 1 fully saturated rings. The molecule has 2 aromatic rings. The summed E-state index contributed by atoms with van der Waals surface area (Å²) in [6.45, 7) is 1.60. The van der Waals surface area contributed by atoms with Gasteiger partial charge in [-0.3, -0.25) is 14.4 Å². The van der Waals surface area contributed by atoms with Crippen LogP contribution in [0.1, 0.15) is 13.3 Å². The number of carbonyl (C=O) groups is 3. The Hall–Kier alpha value is -3.55. The predicted octanol–water partition coefficient (Wildman–Crippen LogP) is 2.59. The highest BCUT2D eigenvalue weighted by molar-refractivity contribution is 6.03. The molecule has 3 amide bonds. The van der Waals surface area contributed by atoms with Crippen LogP contribution in [-0.4, -0.2) is 24.5 Å². The molecule has 0 aromatic heterocycles. The molecule has 144 valence electrons. The Morgan fingerprint density at radius 3 is 1.96 bits per heavy atom. The molecule has 2 aliphatic rings. The first kappa shape index (κ1) is 17.8. The summed E-state index contributed by atoms with van der Waals surface area (Å²) in [7, 11) is 0. The second kappa shape index (κ2) is 7.22. The highest BCUT2D eigenvalue weighted by atomic mass is 16.7. The molecule has 8 nitrogen and oxygen atoms in total. The number of fused-ring (bicyclic) bond motifs is 1. The molecule has 2 aromatic carbocycles. The first-order chi connectivity index (χ1) is 13.5. The van der Waals surface area contributed by atoms with Crippen molar-refractivity contribution in [2.45, 2.75) is 13.3 Å². The predicted molar refractivity (Wildman–Crippen MR) is 102 cm³/mol. The zero-order chi connectivity index (χ0) is 19.7. The largest absolute Gasteiger partial charge is 0.454 e. The number of hydrogen-bond acceptors (Lipinski definition) is 5. The number of nitrogens with one attached hydrogen (secondary N) is 3. The zero-order valence-electron chi connectivity index (χ0n) is 15.2. The minimum Gasteiger partial charge on any atom is -0.454 e. The molecule has 0 radical (unpaired) electrons. The maximum absolute atomic E-state index is 12.4. The molecule has 1 saturated carbocycles. The number of hydrogen-bond donors (Lipinski definition) is 3. The fraction of sp³-hybridized carbons (Fsp3) is 0.250. The van der Waals surface area contributed by atoms with Crippen LogP contribution in [0.5, 0.6) is 11.5 Å². The van der Waals surface area contributed by atoms with E-state index in [1.165, 1.54) is 6.92 Å². The van der Waals surface area contributed by atoms with Crippen LogP contribution in [0.2, 0.25) is 0 Å². The van der Waals surface area contributed by atoms with Gasteiger partial charge in [0.05, 0.1) is 11.8 Å². The fourth-order valence-electron chi connectivity index (χ4n) is 3.06. The lowest BCUT2D eigenvalue weighted by Gasteiger charge is -2.08. The Morgan fingerprint density at radius 2 is 1.32 bits per heavy atom. The van der Waals surface area contributed by atoms with E-state index in [0.717, 1.165) is 0 Å². The topological polar surface area (TPSA) is 106 Å². The third-order valence-corrected chi connectivity index (χ3v) is 4.58. The van der Waals surface area contributed by atoms with Crippen LogP contribution in [0.4, 0.5) is 17.1 Å². The number of carbonyl (C=O) groups excluding carboxylic acids is 3. The van der Waals surface area contributed by atoms with Gasteiger partial charge in [-0.15, -0.1) is 0 Å². The summed E-state index contributed by atoms with van der Waals surface area (Å²) >= 11 is 0. The van der Waals surface area contributed by atoms with Crippen LogP contribution in [0.3, 0.4) is 0 Å². The molecule has 0 saturated heterocycles. The molecule has 1 aliphatic carbocycles. The summed E-state index contributed by atoms with van der Waals surface area (Å²) in [6, 6.07) is 12.0. The number of benzene rings is 2. The van der Waals surface area contributed by atoms with E-state index in [0.29, 0.717) is 35.0 Å². The molecular weight excluding hydrogens is 362 g/mol. The van der Waals surface area contributed by atoms with E-state index in [1.54, 1.807) is 42.5 Å². The molecule has 8 heteroatoms. The van der Waals surface area contributed by atoms with Crippen molar-refractivity contribution < 1.29 is 23.9 Å². The maximum Gasteiger partial charge on any atom is 0.231 e. The van der Waals surface area contributed by atoms with Crippen molar-refractivity contribution in [2.75, 3.05) is 22.7 Å². The number of amides is 3. The highest BCUT2D eigenvalue weighted by Gasteiger charge is 2.48. The highest BCUT2D eigenvalue weighted by Crippen LogP contribution is 2.41. The minimum atomic E-state index is -0.357. The van der Waals surface area contributed by atoms with E-state index in [-0.39, 0.29) is 36.4 Å². The standard InChI is InChI=1S/C20H19N3O5/c1-11(24)21-12-2-4-13(5-3-12)22-19(25)15-9-16(15)20(26)23-14-6-7-17-18(8-14)28-10-27-17/h2-8,15-16H,9-10H2,1H3,(H,21,24)(H,22,25)(H,23,26). The summed E-state index contributed by atoms with van der Waals surface area (Å²) in [5.41, 5.74) is 1.87. The number of anilines is 3. The van der Waals surface area contributed by atoms with Gasteiger partial charge in [-0.2, -0.15) is 0 Å². The Morgan fingerprint density at radius 1 is 0.786 bits per heavy atom. The Balaban J connectivity index is 1.30. The van der Waals surface area contributed by atoms with E-state index in [9.17, 15) is 14.4 Å². The third kappa shape index (κ3) is 3.90. The van der Waals surface area contributed by atoms with Crippen LogP contribution in [0.25, 0.3) is 0 Å². The summed E-state index contributed by atoms with van der Waals surface area (Å²) in [6.07, 6.45) is 0.506. The van der Waals surface area contributed by atoms with Gasteiger partial charge in [-0.25, -0.2) is 0 Å². The zero-order valence-corrected chi connectivity index (χ0v) is 15.2. The molecule has 0 spiro atoms. The number of ether oxygens (including phenoxy) is 2. The first-order valence-corrected chi connectivity index (χ1v) is 8.88. The van der Waals surface area contributed by atoms with Gasteiger partial charge in [-0.1, -0.05) is 0 Å². The van der Waals surface area contributed by atoms with Gasteiger partial charge in [0.1, 0.15) is 0 Å². The van der Waals surface area contributed by atoms with E-state index in [1.807, 2.05) is 0 Å². The van der Waals surface area contributed by atoms with Crippen LogP contribution in [0, 0.1) is 11.8 Å². The molecule has 4 rings (SSSR count). The maximum atomic E-state index is 12.4. The van der Waals surface area contributed by atoms with Gasteiger partial charge >= 0.3 is 0 Å². The molecule has 2 unspecified atom stereocenters. The second-order valence-corrected chi connectivity index (χ2v) is 6.75. The lowest BCUT2D eigenvalue weighted by molar-refractivity contribution is -0.122. The Labute approximate surface area is 161 Å². The second-order valence-electron chi connectivity index (χ2n) is 6.75. The molecule has 0 bridgehead atoms. The van der Waals surface area contributed by atoms with E-state index >= 15 is 0 Å². The molecule has 28 heavy (non-hydrogen) atoms. The van der Waals surface area contributed by atoms with Gasteiger partial charge in [-0.05, 0) is 42.8 Å². The molecule has 2 atom stereocenters. The van der Waals surface area contributed by atoms with E-state index in [2.05, 4.69) is 16.0 Å². The Kier molecular flexibility index (Phi) is 4.60. The van der Waals surface area contributed by atoms with Crippen molar-refractivity contribution in [2.24, 2.45) is 11.8 Å². The van der Waals surface area contributed by atoms with Crippen molar-refractivity contribution in [1.82, 2.24) is 0 Å². The average molecular weight is 381 g/mol. The lowest BCUT2D eigenvalue weighted by atomic mass is 10.2. The normalized spacial score (nSPS) is 18.9. The van der Waals surface area contributed by atoms with E-state index in [4.69, 9.17) is 9.47 Å². The van der Waals surface area contributed by atoms with E-state index < -0.39 is 0 Å². The number of rotatable bonds is 5. The first-order valence-electron chi connectivity index (χ1n) is 8.88. The van der Waals surface area contributed by atoms with Crippen LogP contribution in [-0.2, 0) is 14.4 Å². The van der Waals surface area contributed by atoms with Crippen LogP contribution < -0.4 is 25.4 Å². The van der Waals surface area contributed by atoms with Crippen LogP contribution >= 0.6 is 0 Å². The van der Waals surface area contributed by atoms with Crippen molar-refractivity contribution in [3.05, 3.63) is 42.5 Å². The SMILES string of the molecule is CC(=O)Nc1ccc(NC(=O)C2CC2C(=O)Nc2ccc3c(c2)OCO3)cc1.